The van der Waals surface area contributed by atoms with Crippen molar-refractivity contribution in [3.63, 3.8) is 0 Å². The van der Waals surface area contributed by atoms with Crippen LogP contribution in [0.2, 0.25) is 5.02 Å². The number of hydrogen-bond acceptors (Lipinski definition) is 2. The van der Waals surface area contributed by atoms with Crippen LogP contribution in [0, 0.1) is 12.8 Å². The van der Waals surface area contributed by atoms with Crippen molar-refractivity contribution in [2.75, 3.05) is 6.54 Å². The van der Waals surface area contributed by atoms with Crippen molar-refractivity contribution >= 4 is 23.4 Å². The molecule has 0 heterocycles. The second-order valence-corrected chi connectivity index (χ2v) is 9.47. The molecule has 0 saturated heterocycles. The molecule has 0 fully saturated rings. The Labute approximate surface area is 207 Å². The van der Waals surface area contributed by atoms with Crippen LogP contribution in [0.3, 0.4) is 0 Å². The molecule has 0 aliphatic rings. The molecule has 0 spiro atoms. The average molecular weight is 477 g/mol. The number of nitrogens with zero attached hydrogens (tertiary/aromatic N) is 1. The molecule has 3 aromatic rings. The van der Waals surface area contributed by atoms with Crippen LogP contribution in [0.1, 0.15) is 36.1 Å². The SMILES string of the molecule is Cc1ccccc1CN(C(=O)Cc1ccccc1Cl)[C@@H](Cc1ccccc1)C(=O)NCC(C)C. The first-order valence-corrected chi connectivity index (χ1v) is 12.1. The quantitative estimate of drug-likeness (QED) is 0.414. The van der Waals surface area contributed by atoms with Gasteiger partial charge >= 0.3 is 0 Å². The molecule has 4 nitrogen and oxygen atoms in total. The largest absolute Gasteiger partial charge is 0.354 e. The third-order valence-corrected chi connectivity index (χ3v) is 6.23. The number of carbonyl (C=O) groups is 2. The highest BCUT2D eigenvalue weighted by atomic mass is 35.5. The summed E-state index contributed by atoms with van der Waals surface area (Å²) in [5.41, 5.74) is 3.86. The van der Waals surface area contributed by atoms with E-state index in [1.54, 1.807) is 11.0 Å². The lowest BCUT2D eigenvalue weighted by Gasteiger charge is -2.32. The van der Waals surface area contributed by atoms with E-state index >= 15 is 0 Å². The molecule has 34 heavy (non-hydrogen) atoms. The van der Waals surface area contributed by atoms with E-state index in [1.165, 1.54) is 0 Å². The van der Waals surface area contributed by atoms with Gasteiger partial charge in [0.05, 0.1) is 6.42 Å². The highest BCUT2D eigenvalue weighted by Gasteiger charge is 2.31. The zero-order valence-corrected chi connectivity index (χ0v) is 20.9. The highest BCUT2D eigenvalue weighted by molar-refractivity contribution is 6.31. The summed E-state index contributed by atoms with van der Waals surface area (Å²) in [7, 11) is 0. The van der Waals surface area contributed by atoms with E-state index in [1.807, 2.05) is 79.7 Å². The topological polar surface area (TPSA) is 49.4 Å². The second kappa shape index (κ2) is 12.4. The number of carbonyl (C=O) groups excluding carboxylic acids is 2. The Morgan fingerprint density at radius 2 is 1.50 bits per heavy atom. The lowest BCUT2D eigenvalue weighted by atomic mass is 10.00. The molecular weight excluding hydrogens is 444 g/mol. The minimum atomic E-state index is -0.643. The van der Waals surface area contributed by atoms with Gasteiger partial charge in [-0.15, -0.1) is 0 Å². The van der Waals surface area contributed by atoms with Crippen LogP contribution in [0.5, 0.6) is 0 Å². The Balaban J connectivity index is 1.98. The molecule has 3 rings (SSSR count). The van der Waals surface area contributed by atoms with E-state index in [9.17, 15) is 9.59 Å². The maximum absolute atomic E-state index is 13.7. The van der Waals surface area contributed by atoms with Gasteiger partial charge in [-0.1, -0.05) is 98.2 Å². The zero-order chi connectivity index (χ0) is 24.5. The predicted octanol–water partition coefficient (Wildman–Crippen LogP) is 5.60. The maximum atomic E-state index is 13.7. The highest BCUT2D eigenvalue weighted by Crippen LogP contribution is 2.21. The van der Waals surface area contributed by atoms with Crippen LogP contribution >= 0.6 is 11.6 Å². The number of hydrogen-bond donors (Lipinski definition) is 1. The Kier molecular flexibility index (Phi) is 9.29. The molecule has 1 N–H and O–H groups in total. The monoisotopic (exact) mass is 476 g/mol. The minimum absolute atomic E-state index is 0.128. The molecule has 0 radical (unpaired) electrons. The fraction of sp³-hybridized carbons (Fsp3) is 0.310. The van der Waals surface area contributed by atoms with Gasteiger partial charge < -0.3 is 10.2 Å². The van der Waals surface area contributed by atoms with Crippen molar-refractivity contribution in [2.24, 2.45) is 5.92 Å². The predicted molar refractivity (Wildman–Crippen MR) is 139 cm³/mol. The van der Waals surface area contributed by atoms with Gasteiger partial charge in [-0.2, -0.15) is 0 Å². The molecule has 0 aliphatic carbocycles. The van der Waals surface area contributed by atoms with Crippen LogP contribution in [0.15, 0.2) is 78.9 Å². The Morgan fingerprint density at radius 1 is 0.882 bits per heavy atom. The molecule has 178 valence electrons. The third kappa shape index (κ3) is 7.19. The summed E-state index contributed by atoms with van der Waals surface area (Å²) in [5.74, 6) is 0.0422. The van der Waals surface area contributed by atoms with Crippen LogP contribution in [0.25, 0.3) is 0 Å². The van der Waals surface area contributed by atoms with Crippen LogP contribution in [0.4, 0.5) is 0 Å². The van der Waals surface area contributed by atoms with E-state index in [0.29, 0.717) is 30.5 Å². The van der Waals surface area contributed by atoms with Crippen molar-refractivity contribution in [2.45, 2.75) is 46.2 Å². The summed E-state index contributed by atoms with van der Waals surface area (Å²) in [4.78, 5) is 28.9. The molecule has 0 saturated carbocycles. The van der Waals surface area contributed by atoms with E-state index in [2.05, 4.69) is 19.2 Å². The van der Waals surface area contributed by atoms with E-state index < -0.39 is 6.04 Å². The molecule has 0 bridgehead atoms. The number of halogens is 1. The van der Waals surface area contributed by atoms with Crippen molar-refractivity contribution in [3.8, 4) is 0 Å². The minimum Gasteiger partial charge on any atom is -0.354 e. The summed E-state index contributed by atoms with van der Waals surface area (Å²) < 4.78 is 0. The lowest BCUT2D eigenvalue weighted by molar-refractivity contribution is -0.140. The lowest BCUT2D eigenvalue weighted by Crippen LogP contribution is -2.51. The summed E-state index contributed by atoms with van der Waals surface area (Å²) in [6.07, 6.45) is 0.569. The molecule has 3 aromatic carbocycles. The van der Waals surface area contributed by atoms with E-state index in [0.717, 1.165) is 22.3 Å². The molecular formula is C29H33ClN2O2. The number of aryl methyl sites for hydroxylation is 1. The van der Waals surface area contributed by atoms with Crippen molar-refractivity contribution < 1.29 is 9.59 Å². The fourth-order valence-corrected chi connectivity index (χ4v) is 4.06. The molecule has 2 amide bonds. The van der Waals surface area contributed by atoms with Gasteiger partial charge in [0.1, 0.15) is 6.04 Å². The normalized spacial score (nSPS) is 11.8. The van der Waals surface area contributed by atoms with Crippen molar-refractivity contribution in [1.29, 1.82) is 0 Å². The summed E-state index contributed by atoms with van der Waals surface area (Å²) in [5, 5.41) is 3.61. The summed E-state index contributed by atoms with van der Waals surface area (Å²) in [6, 6.07) is 24.5. The van der Waals surface area contributed by atoms with Gasteiger partial charge in [-0.05, 0) is 41.2 Å². The number of rotatable bonds is 10. The smallest absolute Gasteiger partial charge is 0.243 e. The first-order chi connectivity index (χ1) is 16.3. The molecule has 0 aromatic heterocycles. The Hall–Kier alpha value is -3.11. The van der Waals surface area contributed by atoms with Crippen molar-refractivity contribution in [1.82, 2.24) is 10.2 Å². The average Bonchev–Trinajstić information content (AvgIpc) is 2.83. The summed E-state index contributed by atoms with van der Waals surface area (Å²) >= 11 is 6.36. The van der Waals surface area contributed by atoms with Gasteiger partial charge in [-0.25, -0.2) is 0 Å². The van der Waals surface area contributed by atoms with Crippen LogP contribution in [-0.4, -0.2) is 29.3 Å². The van der Waals surface area contributed by atoms with Crippen LogP contribution < -0.4 is 5.32 Å². The number of amides is 2. The second-order valence-electron chi connectivity index (χ2n) is 9.06. The van der Waals surface area contributed by atoms with Gasteiger partial charge in [0.15, 0.2) is 0 Å². The van der Waals surface area contributed by atoms with E-state index in [4.69, 9.17) is 11.6 Å². The van der Waals surface area contributed by atoms with Gasteiger partial charge in [0.2, 0.25) is 11.8 Å². The molecule has 0 aliphatic heterocycles. The summed E-state index contributed by atoms with van der Waals surface area (Å²) in [6.45, 7) is 7.04. The third-order valence-electron chi connectivity index (χ3n) is 5.86. The Morgan fingerprint density at radius 3 is 2.15 bits per heavy atom. The first-order valence-electron chi connectivity index (χ1n) is 11.7. The van der Waals surface area contributed by atoms with E-state index in [-0.39, 0.29) is 18.2 Å². The zero-order valence-electron chi connectivity index (χ0n) is 20.1. The standard InChI is InChI=1S/C29H33ClN2O2/c1-21(2)19-31-29(34)27(17-23-12-5-4-6-13-23)32(20-25-15-8-7-11-22(25)3)28(33)18-24-14-9-10-16-26(24)30/h4-16,21,27H,17-20H2,1-3H3,(H,31,34)/t27-/m0/s1. The first kappa shape index (κ1) is 25.5. The molecule has 5 heteroatoms. The fourth-order valence-electron chi connectivity index (χ4n) is 3.85. The van der Waals surface area contributed by atoms with Crippen molar-refractivity contribution in [3.05, 3.63) is 106 Å². The maximum Gasteiger partial charge on any atom is 0.243 e. The molecule has 0 unspecified atom stereocenters. The van der Waals surface area contributed by atoms with Gasteiger partial charge in [-0.3, -0.25) is 9.59 Å². The number of nitrogens with one attached hydrogen (secondary N) is 1. The van der Waals surface area contributed by atoms with Crippen LogP contribution in [-0.2, 0) is 29.0 Å². The molecule has 1 atom stereocenters. The Bertz CT molecular complexity index is 1100. The van der Waals surface area contributed by atoms with Gasteiger partial charge in [0, 0.05) is 24.5 Å². The van der Waals surface area contributed by atoms with Gasteiger partial charge in [0.25, 0.3) is 0 Å². The number of benzene rings is 3.